The molecule has 3 rings (SSSR count). The van der Waals surface area contributed by atoms with Gasteiger partial charge in [-0.3, -0.25) is 4.72 Å². The largest absolute Gasteiger partial charge is 0.340 e. The minimum absolute atomic E-state index is 0.160. The van der Waals surface area contributed by atoms with Crippen LogP contribution in [-0.2, 0) is 10.0 Å². The van der Waals surface area contributed by atoms with Crippen molar-refractivity contribution in [2.45, 2.75) is 19.4 Å². The number of benzene rings is 2. The van der Waals surface area contributed by atoms with Crippen LogP contribution in [-0.4, -0.2) is 19.2 Å². The number of sulfonamides is 1. The molecule has 0 saturated heterocycles. The zero-order valence-corrected chi connectivity index (χ0v) is 15.1. The Morgan fingerprint density at radius 2 is 1.83 bits per heavy atom. The molecule has 0 aliphatic carbocycles. The van der Waals surface area contributed by atoms with Gasteiger partial charge in [0.25, 0.3) is 0 Å². The standard InChI is InChI=1S/C18H19ClN2O2S/c1-3-17(13-7-9-14(19)10-8-13)21-12-11-15-16(20-24(2,22)23)5-4-6-18(15)21/h4-12,17,20H,3H2,1-2H3/t17-/m1/s1. The van der Waals surface area contributed by atoms with Crippen LogP contribution in [0.5, 0.6) is 0 Å². The van der Waals surface area contributed by atoms with E-state index < -0.39 is 10.0 Å². The van der Waals surface area contributed by atoms with E-state index in [1.807, 2.05) is 48.7 Å². The van der Waals surface area contributed by atoms with Crippen molar-refractivity contribution in [1.29, 1.82) is 0 Å². The number of rotatable bonds is 5. The van der Waals surface area contributed by atoms with Gasteiger partial charge in [-0.15, -0.1) is 0 Å². The number of hydrogen-bond donors (Lipinski definition) is 1. The first-order chi connectivity index (χ1) is 11.4. The normalized spacial score (nSPS) is 13.1. The predicted molar refractivity (Wildman–Crippen MR) is 100 cm³/mol. The molecule has 24 heavy (non-hydrogen) atoms. The van der Waals surface area contributed by atoms with Crippen LogP contribution in [0.3, 0.4) is 0 Å². The Labute approximate surface area is 147 Å². The van der Waals surface area contributed by atoms with Gasteiger partial charge < -0.3 is 4.57 Å². The summed E-state index contributed by atoms with van der Waals surface area (Å²) in [7, 11) is -3.32. The van der Waals surface area contributed by atoms with E-state index in [9.17, 15) is 8.42 Å². The second kappa shape index (κ2) is 6.49. The maximum atomic E-state index is 11.6. The number of hydrogen-bond acceptors (Lipinski definition) is 2. The van der Waals surface area contributed by atoms with Crippen LogP contribution in [0, 0.1) is 0 Å². The summed E-state index contributed by atoms with van der Waals surface area (Å²) in [6.07, 6.45) is 4.07. The molecule has 126 valence electrons. The first-order valence-electron chi connectivity index (χ1n) is 7.72. The quantitative estimate of drug-likeness (QED) is 0.717. The summed E-state index contributed by atoms with van der Waals surface area (Å²) >= 11 is 5.99. The van der Waals surface area contributed by atoms with Gasteiger partial charge in [0.15, 0.2) is 0 Å². The van der Waals surface area contributed by atoms with Crippen LogP contribution in [0.1, 0.15) is 24.9 Å². The molecule has 0 unspecified atom stereocenters. The molecule has 0 aliphatic heterocycles. The molecule has 1 heterocycles. The van der Waals surface area contributed by atoms with Gasteiger partial charge in [0.2, 0.25) is 10.0 Å². The molecule has 4 nitrogen and oxygen atoms in total. The van der Waals surface area contributed by atoms with Crippen molar-refractivity contribution in [3.8, 4) is 0 Å². The second-order valence-corrected chi connectivity index (χ2v) is 8.00. The Morgan fingerprint density at radius 1 is 1.12 bits per heavy atom. The lowest BCUT2D eigenvalue weighted by Gasteiger charge is -2.19. The third-order valence-electron chi connectivity index (χ3n) is 4.04. The lowest BCUT2D eigenvalue weighted by molar-refractivity contribution is 0.585. The van der Waals surface area contributed by atoms with Gasteiger partial charge in [-0.1, -0.05) is 36.7 Å². The smallest absolute Gasteiger partial charge is 0.229 e. The lowest BCUT2D eigenvalue weighted by atomic mass is 10.0. The van der Waals surface area contributed by atoms with E-state index >= 15 is 0 Å². The highest BCUT2D eigenvalue weighted by Crippen LogP contribution is 2.31. The first kappa shape index (κ1) is 16.9. The van der Waals surface area contributed by atoms with Crippen molar-refractivity contribution in [1.82, 2.24) is 4.57 Å². The van der Waals surface area contributed by atoms with Crippen LogP contribution in [0.2, 0.25) is 5.02 Å². The molecule has 0 spiro atoms. The van der Waals surface area contributed by atoms with E-state index in [1.165, 1.54) is 5.56 Å². The molecule has 0 bridgehead atoms. The number of halogens is 1. The molecule has 1 N–H and O–H groups in total. The van der Waals surface area contributed by atoms with Crippen LogP contribution >= 0.6 is 11.6 Å². The zero-order chi connectivity index (χ0) is 17.3. The summed E-state index contributed by atoms with van der Waals surface area (Å²) in [6.45, 7) is 2.13. The molecule has 0 fully saturated rings. The fourth-order valence-electron chi connectivity index (χ4n) is 3.03. The molecule has 1 aromatic heterocycles. The van der Waals surface area contributed by atoms with Gasteiger partial charge in [-0.2, -0.15) is 0 Å². The van der Waals surface area contributed by atoms with Crippen molar-refractivity contribution < 1.29 is 8.42 Å². The third kappa shape index (κ3) is 3.42. The average Bonchev–Trinajstić information content (AvgIpc) is 2.94. The third-order valence-corrected chi connectivity index (χ3v) is 4.88. The Balaban J connectivity index is 2.09. The van der Waals surface area contributed by atoms with Crippen LogP contribution in [0.25, 0.3) is 10.9 Å². The Hall–Kier alpha value is -1.98. The van der Waals surface area contributed by atoms with E-state index in [2.05, 4.69) is 16.2 Å². The van der Waals surface area contributed by atoms with E-state index in [-0.39, 0.29) is 6.04 Å². The molecule has 1 atom stereocenters. The molecular weight excluding hydrogens is 344 g/mol. The van der Waals surface area contributed by atoms with Gasteiger partial charge in [-0.25, -0.2) is 8.42 Å². The number of nitrogens with one attached hydrogen (secondary N) is 1. The maximum Gasteiger partial charge on any atom is 0.229 e. The topological polar surface area (TPSA) is 51.1 Å². The molecule has 0 amide bonds. The van der Waals surface area contributed by atoms with Crippen LogP contribution in [0.4, 0.5) is 5.69 Å². The summed E-state index contributed by atoms with van der Waals surface area (Å²) < 4.78 is 27.9. The monoisotopic (exact) mass is 362 g/mol. The minimum atomic E-state index is -3.32. The molecular formula is C18H19ClN2O2S. The SMILES string of the molecule is CC[C@H](c1ccc(Cl)cc1)n1ccc2c(NS(C)(=O)=O)cccc21. The van der Waals surface area contributed by atoms with Crippen LogP contribution < -0.4 is 4.72 Å². The number of nitrogens with zero attached hydrogens (tertiary/aromatic N) is 1. The van der Waals surface area contributed by atoms with Gasteiger partial charge in [0.05, 0.1) is 23.5 Å². The highest BCUT2D eigenvalue weighted by molar-refractivity contribution is 7.92. The first-order valence-corrected chi connectivity index (χ1v) is 9.99. The Bertz CT molecular complexity index is 962. The van der Waals surface area contributed by atoms with Gasteiger partial charge in [0.1, 0.15) is 0 Å². The van der Waals surface area contributed by atoms with Gasteiger partial charge in [0, 0.05) is 16.6 Å². The van der Waals surface area contributed by atoms with Crippen LogP contribution in [0.15, 0.2) is 54.7 Å². The molecule has 6 heteroatoms. The Kier molecular flexibility index (Phi) is 4.56. The zero-order valence-electron chi connectivity index (χ0n) is 13.5. The highest BCUT2D eigenvalue weighted by atomic mass is 35.5. The van der Waals surface area contributed by atoms with Crippen molar-refractivity contribution in [3.05, 3.63) is 65.3 Å². The van der Waals surface area contributed by atoms with E-state index in [4.69, 9.17) is 11.6 Å². The van der Waals surface area contributed by atoms with Gasteiger partial charge in [-0.05, 0) is 42.3 Å². The van der Waals surface area contributed by atoms with Gasteiger partial charge >= 0.3 is 0 Å². The fourth-order valence-corrected chi connectivity index (χ4v) is 3.73. The number of anilines is 1. The van der Waals surface area contributed by atoms with Crippen molar-refractivity contribution >= 4 is 38.2 Å². The van der Waals surface area contributed by atoms with Crippen molar-refractivity contribution in [2.24, 2.45) is 0 Å². The predicted octanol–water partition coefficient (Wildman–Crippen LogP) is 4.67. The molecule has 0 radical (unpaired) electrons. The lowest BCUT2D eigenvalue weighted by Crippen LogP contribution is -2.10. The molecule has 2 aromatic carbocycles. The second-order valence-electron chi connectivity index (χ2n) is 5.81. The molecule has 0 saturated carbocycles. The summed E-state index contributed by atoms with van der Waals surface area (Å²) in [4.78, 5) is 0. The molecule has 0 aliphatic rings. The van der Waals surface area contributed by atoms with Crippen molar-refractivity contribution in [3.63, 3.8) is 0 Å². The summed E-state index contributed by atoms with van der Waals surface area (Å²) in [5, 5.41) is 1.60. The van der Waals surface area contributed by atoms with E-state index in [1.54, 1.807) is 6.07 Å². The number of fused-ring (bicyclic) bond motifs is 1. The van der Waals surface area contributed by atoms with E-state index in [0.717, 1.165) is 23.6 Å². The summed E-state index contributed by atoms with van der Waals surface area (Å²) in [5.41, 5.74) is 2.76. The molecule has 3 aromatic rings. The van der Waals surface area contributed by atoms with E-state index in [0.29, 0.717) is 10.7 Å². The number of aromatic nitrogens is 1. The van der Waals surface area contributed by atoms with Crippen molar-refractivity contribution in [2.75, 3.05) is 11.0 Å². The minimum Gasteiger partial charge on any atom is -0.340 e. The maximum absolute atomic E-state index is 11.6. The summed E-state index contributed by atoms with van der Waals surface area (Å²) in [6, 6.07) is 15.6. The average molecular weight is 363 g/mol. The summed E-state index contributed by atoms with van der Waals surface area (Å²) in [5.74, 6) is 0. The Morgan fingerprint density at radius 3 is 2.46 bits per heavy atom. The highest BCUT2D eigenvalue weighted by Gasteiger charge is 2.16. The fraction of sp³-hybridized carbons (Fsp3) is 0.222.